The Kier molecular flexibility index (Phi) is 7.25. The third-order valence-electron chi connectivity index (χ3n) is 3.31. The van der Waals surface area contributed by atoms with Crippen molar-refractivity contribution in [3.05, 3.63) is 51.5 Å². The molecule has 1 N–H and O–H groups in total. The fourth-order valence-corrected chi connectivity index (χ4v) is 2.40. The zero-order valence-electron chi connectivity index (χ0n) is 14.9. The van der Waals surface area contributed by atoms with Crippen LogP contribution in [-0.2, 0) is 4.79 Å². The van der Waals surface area contributed by atoms with Crippen LogP contribution in [0.4, 0.5) is 11.4 Å². The molecule has 0 unspecified atom stereocenters. The van der Waals surface area contributed by atoms with Crippen LogP contribution in [0.2, 0.25) is 5.02 Å². The highest BCUT2D eigenvalue weighted by atomic mass is 35.5. The number of rotatable bonds is 9. The summed E-state index contributed by atoms with van der Waals surface area (Å²) in [5, 5.41) is 13.9. The number of benzene rings is 2. The van der Waals surface area contributed by atoms with Gasteiger partial charge in [-0.1, -0.05) is 11.6 Å². The quantitative estimate of drug-likeness (QED) is 0.508. The van der Waals surface area contributed by atoms with Crippen LogP contribution in [0.5, 0.6) is 17.2 Å². The van der Waals surface area contributed by atoms with Crippen LogP contribution in [0.1, 0.15) is 13.8 Å². The van der Waals surface area contributed by atoms with Gasteiger partial charge >= 0.3 is 5.69 Å². The molecule has 0 saturated heterocycles. The first-order valence-corrected chi connectivity index (χ1v) is 8.58. The Bertz CT molecular complexity index is 827. The van der Waals surface area contributed by atoms with Crippen molar-refractivity contribution in [2.75, 3.05) is 25.1 Å². The lowest BCUT2D eigenvalue weighted by molar-refractivity contribution is -0.385. The molecule has 0 heterocycles. The topological polar surface area (TPSA) is 99.9 Å². The maximum absolute atomic E-state index is 12.2. The van der Waals surface area contributed by atoms with Crippen molar-refractivity contribution in [1.82, 2.24) is 0 Å². The molecule has 8 nitrogen and oxygen atoms in total. The van der Waals surface area contributed by atoms with Crippen molar-refractivity contribution in [2.24, 2.45) is 0 Å². The van der Waals surface area contributed by atoms with Gasteiger partial charge in [0.1, 0.15) is 11.5 Å². The molecule has 2 rings (SSSR count). The number of hydrogen-bond donors (Lipinski definition) is 1. The number of nitrogens with one attached hydrogen (secondary N) is 1. The molecule has 9 heteroatoms. The van der Waals surface area contributed by atoms with E-state index in [9.17, 15) is 14.9 Å². The number of ether oxygens (including phenoxy) is 3. The van der Waals surface area contributed by atoms with Crippen molar-refractivity contribution in [3.63, 3.8) is 0 Å². The maximum atomic E-state index is 12.2. The zero-order chi connectivity index (χ0) is 19.8. The number of amides is 1. The first-order chi connectivity index (χ1) is 12.9. The van der Waals surface area contributed by atoms with Gasteiger partial charge < -0.3 is 19.5 Å². The summed E-state index contributed by atoms with van der Waals surface area (Å²) in [5.41, 5.74) is 0.102. The predicted octanol–water partition coefficient (Wildman–Crippen LogP) is 4.06. The smallest absolute Gasteiger partial charge is 0.312 e. The van der Waals surface area contributed by atoms with Gasteiger partial charge in [0.25, 0.3) is 5.91 Å². The number of anilines is 1. The van der Waals surface area contributed by atoms with Crippen molar-refractivity contribution >= 4 is 28.9 Å². The van der Waals surface area contributed by atoms with Crippen molar-refractivity contribution in [2.45, 2.75) is 13.8 Å². The van der Waals surface area contributed by atoms with Gasteiger partial charge in [-0.2, -0.15) is 0 Å². The van der Waals surface area contributed by atoms with E-state index in [-0.39, 0.29) is 16.5 Å². The molecule has 0 aliphatic heterocycles. The first-order valence-electron chi connectivity index (χ1n) is 8.20. The molecule has 2 aromatic carbocycles. The molecule has 0 saturated carbocycles. The molecule has 27 heavy (non-hydrogen) atoms. The average molecular weight is 395 g/mol. The summed E-state index contributed by atoms with van der Waals surface area (Å²) < 4.78 is 16.2. The average Bonchev–Trinajstić information content (AvgIpc) is 2.63. The Hall–Kier alpha value is -3.00. The molecule has 0 radical (unpaired) electrons. The second kappa shape index (κ2) is 9.63. The van der Waals surface area contributed by atoms with Crippen molar-refractivity contribution in [3.8, 4) is 17.2 Å². The standard InChI is InChI=1S/C18H19ClN2O6/c1-3-25-13-6-8-16(26-4-2)14(10-13)20-18(22)11-27-17-7-5-12(19)9-15(17)21(23)24/h5-10H,3-4,11H2,1-2H3,(H,20,22). The van der Waals surface area contributed by atoms with E-state index in [1.165, 1.54) is 12.1 Å². The minimum atomic E-state index is -0.627. The molecule has 0 fully saturated rings. The second-order valence-electron chi connectivity index (χ2n) is 5.23. The fourth-order valence-electron chi connectivity index (χ4n) is 2.23. The lowest BCUT2D eigenvalue weighted by Crippen LogP contribution is -2.21. The van der Waals surface area contributed by atoms with Gasteiger partial charge in [-0.25, -0.2) is 0 Å². The number of halogens is 1. The van der Waals surface area contributed by atoms with Crippen LogP contribution in [0, 0.1) is 10.1 Å². The van der Waals surface area contributed by atoms with E-state index in [0.717, 1.165) is 6.07 Å². The Morgan fingerprint density at radius 1 is 1.07 bits per heavy atom. The Morgan fingerprint density at radius 2 is 1.78 bits per heavy atom. The van der Waals surface area contributed by atoms with E-state index < -0.39 is 17.4 Å². The minimum absolute atomic E-state index is 0.0485. The summed E-state index contributed by atoms with van der Waals surface area (Å²) in [4.78, 5) is 22.7. The monoisotopic (exact) mass is 394 g/mol. The lowest BCUT2D eigenvalue weighted by Gasteiger charge is -2.14. The van der Waals surface area contributed by atoms with Gasteiger partial charge in [-0.15, -0.1) is 0 Å². The van der Waals surface area contributed by atoms with Crippen LogP contribution in [0.3, 0.4) is 0 Å². The first kappa shape index (κ1) is 20.3. The van der Waals surface area contributed by atoms with Gasteiger partial charge in [0.15, 0.2) is 12.4 Å². The van der Waals surface area contributed by atoms with Crippen molar-refractivity contribution < 1.29 is 23.9 Å². The highest BCUT2D eigenvalue weighted by Gasteiger charge is 2.17. The molecular formula is C18H19ClN2O6. The SMILES string of the molecule is CCOc1ccc(OCC)c(NC(=O)COc2ccc(Cl)cc2[N+](=O)[O-])c1. The van der Waals surface area contributed by atoms with E-state index >= 15 is 0 Å². The predicted molar refractivity (Wildman–Crippen MR) is 101 cm³/mol. The van der Waals surface area contributed by atoms with E-state index in [1.807, 2.05) is 13.8 Å². The molecule has 0 aromatic heterocycles. The van der Waals surface area contributed by atoms with E-state index in [0.29, 0.717) is 30.4 Å². The van der Waals surface area contributed by atoms with Gasteiger partial charge in [-0.3, -0.25) is 14.9 Å². The number of carbonyl (C=O) groups is 1. The largest absolute Gasteiger partial charge is 0.494 e. The summed E-state index contributed by atoms with van der Waals surface area (Å²) in [5.74, 6) is 0.499. The maximum Gasteiger partial charge on any atom is 0.312 e. The minimum Gasteiger partial charge on any atom is -0.494 e. The van der Waals surface area contributed by atoms with Crippen LogP contribution in [0.25, 0.3) is 0 Å². The van der Waals surface area contributed by atoms with Crippen molar-refractivity contribution in [1.29, 1.82) is 0 Å². The van der Waals surface area contributed by atoms with Gasteiger partial charge in [-0.05, 0) is 38.1 Å². The molecule has 144 valence electrons. The summed E-state index contributed by atoms with van der Waals surface area (Å²) in [6.45, 7) is 4.15. The summed E-state index contributed by atoms with van der Waals surface area (Å²) >= 11 is 5.75. The fraction of sp³-hybridized carbons (Fsp3) is 0.278. The molecule has 0 spiro atoms. The summed E-state index contributed by atoms with van der Waals surface area (Å²) in [6.07, 6.45) is 0. The Morgan fingerprint density at radius 3 is 2.44 bits per heavy atom. The summed E-state index contributed by atoms with van der Waals surface area (Å²) in [7, 11) is 0. The van der Waals surface area contributed by atoms with E-state index in [2.05, 4.69) is 5.32 Å². The summed E-state index contributed by atoms with van der Waals surface area (Å²) in [6, 6.07) is 9.01. The number of nitrogens with zero attached hydrogens (tertiary/aromatic N) is 1. The Balaban J connectivity index is 2.09. The number of nitro groups is 1. The molecule has 2 aromatic rings. The van der Waals surface area contributed by atoms with Crippen LogP contribution in [0.15, 0.2) is 36.4 Å². The molecule has 1 amide bonds. The van der Waals surface area contributed by atoms with E-state index in [4.69, 9.17) is 25.8 Å². The number of carbonyl (C=O) groups excluding carboxylic acids is 1. The molecule has 0 aliphatic carbocycles. The third kappa shape index (κ3) is 5.75. The molecule has 0 aliphatic rings. The molecule has 0 bridgehead atoms. The Labute approximate surface area is 161 Å². The second-order valence-corrected chi connectivity index (χ2v) is 5.67. The number of nitro benzene ring substituents is 1. The van der Waals surface area contributed by atoms with E-state index in [1.54, 1.807) is 18.2 Å². The lowest BCUT2D eigenvalue weighted by atomic mass is 10.2. The number of hydrogen-bond acceptors (Lipinski definition) is 6. The molecular weight excluding hydrogens is 376 g/mol. The van der Waals surface area contributed by atoms with Crippen LogP contribution in [-0.4, -0.2) is 30.7 Å². The van der Waals surface area contributed by atoms with Gasteiger partial charge in [0, 0.05) is 17.2 Å². The third-order valence-corrected chi connectivity index (χ3v) is 3.55. The van der Waals surface area contributed by atoms with Gasteiger partial charge in [0.05, 0.1) is 23.8 Å². The van der Waals surface area contributed by atoms with Crippen LogP contribution < -0.4 is 19.5 Å². The van der Waals surface area contributed by atoms with Crippen LogP contribution >= 0.6 is 11.6 Å². The van der Waals surface area contributed by atoms with Gasteiger partial charge in [0.2, 0.25) is 0 Å². The molecule has 0 atom stereocenters. The normalized spacial score (nSPS) is 10.2. The zero-order valence-corrected chi connectivity index (χ0v) is 15.6. The highest BCUT2D eigenvalue weighted by molar-refractivity contribution is 6.30. The highest BCUT2D eigenvalue weighted by Crippen LogP contribution is 2.31.